The van der Waals surface area contributed by atoms with Gasteiger partial charge >= 0.3 is 5.97 Å². The predicted octanol–water partition coefficient (Wildman–Crippen LogP) is 2.40. The van der Waals surface area contributed by atoms with Gasteiger partial charge in [-0.2, -0.15) is 0 Å². The average Bonchev–Trinajstić information content (AvgIpc) is 3.26. The average molecular weight is 313 g/mol. The number of imidazole rings is 1. The van der Waals surface area contributed by atoms with Crippen molar-refractivity contribution >= 4 is 17.6 Å². The van der Waals surface area contributed by atoms with Gasteiger partial charge in [-0.05, 0) is 25.0 Å². The van der Waals surface area contributed by atoms with Crippen molar-refractivity contribution in [3.8, 4) is 5.69 Å². The third-order valence-electron chi connectivity index (χ3n) is 4.30. The highest BCUT2D eigenvalue weighted by Gasteiger charge is 2.38. The first kappa shape index (κ1) is 15.3. The van der Waals surface area contributed by atoms with E-state index in [0.717, 1.165) is 12.1 Å². The molecule has 0 saturated heterocycles. The number of hydrogen-bond acceptors (Lipinski definition) is 4. The quantitative estimate of drug-likeness (QED) is 0.880. The van der Waals surface area contributed by atoms with Crippen LogP contribution in [0.3, 0.4) is 0 Å². The third kappa shape index (κ3) is 3.11. The van der Waals surface area contributed by atoms with Crippen LogP contribution in [0, 0.1) is 11.8 Å². The minimum Gasteiger partial charge on any atom is -0.469 e. The summed E-state index contributed by atoms with van der Waals surface area (Å²) in [5, 5.41) is 2.95. The summed E-state index contributed by atoms with van der Waals surface area (Å²) in [6.07, 6.45) is 7.45. The molecule has 6 heteroatoms. The van der Waals surface area contributed by atoms with E-state index < -0.39 is 0 Å². The number of nitrogens with one attached hydrogen (secondary N) is 1. The largest absolute Gasteiger partial charge is 0.469 e. The van der Waals surface area contributed by atoms with Crippen molar-refractivity contribution in [1.29, 1.82) is 0 Å². The number of aromatic nitrogens is 2. The second kappa shape index (κ2) is 6.64. The number of methoxy groups -OCH3 is 1. The van der Waals surface area contributed by atoms with Gasteiger partial charge in [-0.1, -0.05) is 18.6 Å². The zero-order valence-electron chi connectivity index (χ0n) is 12.9. The molecule has 120 valence electrons. The number of carbonyl (C=O) groups is 2. The Bertz CT molecular complexity index is 697. The van der Waals surface area contributed by atoms with Crippen LogP contribution in [0.15, 0.2) is 43.0 Å². The predicted molar refractivity (Wildman–Crippen MR) is 85.0 cm³/mol. The summed E-state index contributed by atoms with van der Waals surface area (Å²) in [4.78, 5) is 28.5. The van der Waals surface area contributed by atoms with Crippen LogP contribution in [0.4, 0.5) is 5.69 Å². The molecule has 1 heterocycles. The molecule has 0 bridgehead atoms. The van der Waals surface area contributed by atoms with Crippen LogP contribution in [0.1, 0.15) is 19.3 Å². The highest BCUT2D eigenvalue weighted by atomic mass is 16.5. The second-order valence-electron chi connectivity index (χ2n) is 5.64. The topological polar surface area (TPSA) is 73.2 Å². The molecule has 1 aliphatic carbocycles. The Balaban J connectivity index is 1.80. The Morgan fingerprint density at radius 3 is 2.78 bits per heavy atom. The van der Waals surface area contributed by atoms with Gasteiger partial charge in [0.05, 0.1) is 36.6 Å². The van der Waals surface area contributed by atoms with E-state index in [2.05, 4.69) is 10.3 Å². The Hall–Kier alpha value is -2.63. The first-order valence-corrected chi connectivity index (χ1v) is 7.66. The van der Waals surface area contributed by atoms with Crippen molar-refractivity contribution in [3.63, 3.8) is 0 Å². The second-order valence-corrected chi connectivity index (χ2v) is 5.64. The number of benzene rings is 1. The Labute approximate surface area is 134 Å². The molecule has 6 nitrogen and oxygen atoms in total. The van der Waals surface area contributed by atoms with E-state index in [1.807, 2.05) is 35.0 Å². The molecule has 0 spiro atoms. The Kier molecular flexibility index (Phi) is 4.41. The first-order chi connectivity index (χ1) is 11.2. The van der Waals surface area contributed by atoms with Gasteiger partial charge in [-0.25, -0.2) is 4.98 Å². The number of hydrogen-bond donors (Lipinski definition) is 1. The fourth-order valence-corrected chi connectivity index (χ4v) is 3.14. The van der Waals surface area contributed by atoms with E-state index in [1.54, 1.807) is 12.5 Å². The SMILES string of the molecule is COC(=O)[C@@H]1CCC[C@H]1C(=O)Nc1ccccc1-n1ccnc1. The highest BCUT2D eigenvalue weighted by molar-refractivity contribution is 5.97. The van der Waals surface area contributed by atoms with Gasteiger partial charge in [-0.3, -0.25) is 9.59 Å². The van der Waals surface area contributed by atoms with Crippen LogP contribution in [0.25, 0.3) is 5.69 Å². The highest BCUT2D eigenvalue weighted by Crippen LogP contribution is 2.34. The maximum absolute atomic E-state index is 12.6. The van der Waals surface area contributed by atoms with Gasteiger partial charge in [0.15, 0.2) is 0 Å². The summed E-state index contributed by atoms with van der Waals surface area (Å²) >= 11 is 0. The van der Waals surface area contributed by atoms with E-state index in [1.165, 1.54) is 7.11 Å². The molecule has 1 saturated carbocycles. The van der Waals surface area contributed by atoms with Crippen molar-refractivity contribution in [2.24, 2.45) is 11.8 Å². The van der Waals surface area contributed by atoms with Gasteiger partial charge in [0.1, 0.15) is 0 Å². The van der Waals surface area contributed by atoms with Gasteiger partial charge in [0, 0.05) is 12.4 Å². The fraction of sp³-hybridized carbons (Fsp3) is 0.353. The van der Waals surface area contributed by atoms with E-state index in [0.29, 0.717) is 18.5 Å². The lowest BCUT2D eigenvalue weighted by Gasteiger charge is -2.18. The number of rotatable bonds is 4. The normalized spacial score (nSPS) is 20.2. The zero-order chi connectivity index (χ0) is 16.2. The molecule has 1 aromatic heterocycles. The first-order valence-electron chi connectivity index (χ1n) is 7.66. The summed E-state index contributed by atoms with van der Waals surface area (Å²) in [6.45, 7) is 0. The van der Waals surface area contributed by atoms with E-state index in [9.17, 15) is 9.59 Å². The summed E-state index contributed by atoms with van der Waals surface area (Å²) in [5.41, 5.74) is 1.54. The molecule has 0 unspecified atom stereocenters. The minimum absolute atomic E-state index is 0.134. The summed E-state index contributed by atoms with van der Waals surface area (Å²) in [7, 11) is 1.37. The van der Waals surface area contributed by atoms with Crippen LogP contribution >= 0.6 is 0 Å². The lowest BCUT2D eigenvalue weighted by molar-refractivity contribution is -0.148. The van der Waals surface area contributed by atoms with Crippen LogP contribution < -0.4 is 5.32 Å². The van der Waals surface area contributed by atoms with E-state index in [-0.39, 0.29) is 23.7 Å². The maximum Gasteiger partial charge on any atom is 0.309 e. The van der Waals surface area contributed by atoms with Gasteiger partial charge in [0.25, 0.3) is 0 Å². The Morgan fingerprint density at radius 2 is 2.04 bits per heavy atom. The minimum atomic E-state index is -0.347. The molecular formula is C17H19N3O3. The number of anilines is 1. The summed E-state index contributed by atoms with van der Waals surface area (Å²) < 4.78 is 6.65. The van der Waals surface area contributed by atoms with E-state index in [4.69, 9.17) is 4.74 Å². The number of carbonyl (C=O) groups excluding carboxylic acids is 2. The van der Waals surface area contributed by atoms with Gasteiger partial charge in [-0.15, -0.1) is 0 Å². The van der Waals surface area contributed by atoms with Crippen molar-refractivity contribution in [2.75, 3.05) is 12.4 Å². The number of nitrogens with zero attached hydrogens (tertiary/aromatic N) is 2. The lowest BCUT2D eigenvalue weighted by atomic mass is 9.95. The molecule has 1 aliphatic rings. The molecule has 1 fully saturated rings. The molecule has 3 rings (SSSR count). The lowest BCUT2D eigenvalue weighted by Crippen LogP contribution is -2.31. The summed E-state index contributed by atoms with van der Waals surface area (Å²) in [5.74, 6) is -1.12. The molecule has 1 aromatic carbocycles. The van der Waals surface area contributed by atoms with E-state index >= 15 is 0 Å². The van der Waals surface area contributed by atoms with Crippen LogP contribution in [0.5, 0.6) is 0 Å². The standard InChI is InChI=1S/C17H19N3O3/c1-23-17(22)13-6-4-5-12(13)16(21)19-14-7-2-3-8-15(14)20-10-9-18-11-20/h2-3,7-13H,4-6H2,1H3,(H,19,21)/t12-,13-/m1/s1. The third-order valence-corrected chi connectivity index (χ3v) is 4.30. The van der Waals surface area contributed by atoms with Crippen molar-refractivity contribution in [3.05, 3.63) is 43.0 Å². The van der Waals surface area contributed by atoms with Crippen LogP contribution in [-0.2, 0) is 14.3 Å². The number of amides is 1. The molecule has 23 heavy (non-hydrogen) atoms. The van der Waals surface area contributed by atoms with Crippen molar-refractivity contribution in [1.82, 2.24) is 9.55 Å². The zero-order valence-corrected chi connectivity index (χ0v) is 12.9. The number of ether oxygens (including phenoxy) is 1. The molecule has 1 amide bonds. The Morgan fingerprint density at radius 1 is 1.26 bits per heavy atom. The van der Waals surface area contributed by atoms with Gasteiger partial charge in [0.2, 0.25) is 5.91 Å². The van der Waals surface area contributed by atoms with Gasteiger partial charge < -0.3 is 14.6 Å². The monoisotopic (exact) mass is 313 g/mol. The fourth-order valence-electron chi connectivity index (χ4n) is 3.14. The smallest absolute Gasteiger partial charge is 0.309 e. The number of esters is 1. The maximum atomic E-state index is 12.6. The molecule has 1 N–H and O–H groups in total. The van der Waals surface area contributed by atoms with Crippen LogP contribution in [0.2, 0.25) is 0 Å². The molecule has 2 atom stereocenters. The molecular weight excluding hydrogens is 294 g/mol. The number of para-hydroxylation sites is 2. The molecule has 2 aromatic rings. The molecule has 0 radical (unpaired) electrons. The van der Waals surface area contributed by atoms with Crippen molar-refractivity contribution < 1.29 is 14.3 Å². The summed E-state index contributed by atoms with van der Waals surface area (Å²) in [6, 6.07) is 7.51. The van der Waals surface area contributed by atoms with Crippen molar-refractivity contribution in [2.45, 2.75) is 19.3 Å². The van der Waals surface area contributed by atoms with Crippen LogP contribution in [-0.4, -0.2) is 28.5 Å². The molecule has 0 aliphatic heterocycles.